The first-order valence-electron chi connectivity index (χ1n) is 5.19. The quantitative estimate of drug-likeness (QED) is 0.507. The summed E-state index contributed by atoms with van der Waals surface area (Å²) in [7, 11) is 0. The smallest absolute Gasteiger partial charge is 0.306 e. The van der Waals surface area contributed by atoms with Crippen LogP contribution in [0.1, 0.15) is 26.7 Å². The fourth-order valence-electron chi connectivity index (χ4n) is 2.50. The monoisotopic (exact) mass is 192 g/mol. The number of hydrogen-bond acceptors (Lipinski definition) is 2. The fraction of sp³-hybridized carbons (Fsp3) is 0.583. The van der Waals surface area contributed by atoms with Gasteiger partial charge < -0.3 is 4.74 Å². The molecule has 0 aromatic heterocycles. The lowest BCUT2D eigenvalue weighted by Gasteiger charge is -2.19. The molecule has 2 bridgehead atoms. The molecule has 0 spiro atoms. The van der Waals surface area contributed by atoms with E-state index in [4.69, 9.17) is 4.74 Å². The van der Waals surface area contributed by atoms with Crippen molar-refractivity contribution >= 4 is 5.97 Å². The van der Waals surface area contributed by atoms with Gasteiger partial charge in [0.2, 0.25) is 0 Å². The van der Waals surface area contributed by atoms with Gasteiger partial charge in [0.15, 0.2) is 0 Å². The predicted octanol–water partition coefficient (Wildman–Crippen LogP) is 2.46. The summed E-state index contributed by atoms with van der Waals surface area (Å²) >= 11 is 0. The van der Waals surface area contributed by atoms with Gasteiger partial charge in [-0.2, -0.15) is 0 Å². The third-order valence-electron chi connectivity index (χ3n) is 3.14. The highest BCUT2D eigenvalue weighted by Gasteiger charge is 2.40. The SMILES string of the molecule is CCOC(=O)CC12C=CC(C1)C(C)=C2. The summed E-state index contributed by atoms with van der Waals surface area (Å²) in [6.45, 7) is 4.46. The molecule has 0 radical (unpaired) electrons. The van der Waals surface area contributed by atoms with E-state index < -0.39 is 0 Å². The molecule has 0 saturated carbocycles. The van der Waals surface area contributed by atoms with E-state index in [1.54, 1.807) is 0 Å². The number of rotatable bonds is 3. The van der Waals surface area contributed by atoms with Gasteiger partial charge in [0.05, 0.1) is 13.0 Å². The zero-order valence-corrected chi connectivity index (χ0v) is 8.75. The summed E-state index contributed by atoms with van der Waals surface area (Å²) in [5.41, 5.74) is 1.39. The molecular weight excluding hydrogens is 176 g/mol. The van der Waals surface area contributed by atoms with Crippen molar-refractivity contribution in [3.05, 3.63) is 23.8 Å². The molecule has 0 saturated heterocycles. The average molecular weight is 192 g/mol. The molecule has 2 rings (SSSR count). The molecule has 0 fully saturated rings. The molecule has 2 heteroatoms. The number of allylic oxidation sites excluding steroid dienone is 4. The average Bonchev–Trinajstić information content (AvgIpc) is 2.60. The molecule has 0 amide bonds. The molecule has 0 aliphatic heterocycles. The molecule has 2 atom stereocenters. The van der Waals surface area contributed by atoms with Gasteiger partial charge in [-0.05, 0) is 26.2 Å². The Kier molecular flexibility index (Phi) is 2.22. The molecule has 14 heavy (non-hydrogen) atoms. The second kappa shape index (κ2) is 3.26. The van der Waals surface area contributed by atoms with E-state index in [9.17, 15) is 4.79 Å². The van der Waals surface area contributed by atoms with Crippen molar-refractivity contribution in [2.45, 2.75) is 26.7 Å². The molecule has 2 unspecified atom stereocenters. The summed E-state index contributed by atoms with van der Waals surface area (Å²) in [4.78, 5) is 11.4. The summed E-state index contributed by atoms with van der Waals surface area (Å²) in [5.74, 6) is 0.494. The van der Waals surface area contributed by atoms with Crippen LogP contribution in [0.5, 0.6) is 0 Å². The third-order valence-corrected chi connectivity index (χ3v) is 3.14. The highest BCUT2D eigenvalue weighted by Crippen LogP contribution is 2.49. The Morgan fingerprint density at radius 3 is 3.00 bits per heavy atom. The maximum Gasteiger partial charge on any atom is 0.306 e. The van der Waals surface area contributed by atoms with Crippen LogP contribution in [0, 0.1) is 11.3 Å². The molecule has 2 aliphatic rings. The molecule has 2 nitrogen and oxygen atoms in total. The van der Waals surface area contributed by atoms with E-state index in [0.717, 1.165) is 6.42 Å². The second-order valence-electron chi connectivity index (χ2n) is 4.27. The van der Waals surface area contributed by atoms with E-state index in [0.29, 0.717) is 18.9 Å². The van der Waals surface area contributed by atoms with Crippen LogP contribution in [0.15, 0.2) is 23.8 Å². The first kappa shape index (κ1) is 9.50. The van der Waals surface area contributed by atoms with Crippen molar-refractivity contribution in [3.8, 4) is 0 Å². The van der Waals surface area contributed by atoms with Gasteiger partial charge in [-0.25, -0.2) is 0 Å². The zero-order chi connectivity index (χ0) is 10.2. The minimum Gasteiger partial charge on any atom is -0.466 e. The highest BCUT2D eigenvalue weighted by atomic mass is 16.5. The Morgan fingerprint density at radius 2 is 2.50 bits per heavy atom. The van der Waals surface area contributed by atoms with Crippen molar-refractivity contribution in [2.75, 3.05) is 6.61 Å². The van der Waals surface area contributed by atoms with Crippen molar-refractivity contribution in [1.82, 2.24) is 0 Å². The van der Waals surface area contributed by atoms with E-state index in [2.05, 4.69) is 25.2 Å². The van der Waals surface area contributed by atoms with E-state index in [-0.39, 0.29) is 11.4 Å². The lowest BCUT2D eigenvalue weighted by atomic mass is 9.86. The maximum atomic E-state index is 11.4. The van der Waals surface area contributed by atoms with E-state index >= 15 is 0 Å². The van der Waals surface area contributed by atoms with E-state index in [1.165, 1.54) is 5.57 Å². The standard InChI is InChI=1S/C12H16O2/c1-3-14-11(13)8-12-5-4-10(7-12)9(2)6-12/h4-6,10H,3,7-8H2,1-2H3. The third kappa shape index (κ3) is 1.49. The highest BCUT2D eigenvalue weighted by molar-refractivity contribution is 5.71. The second-order valence-corrected chi connectivity index (χ2v) is 4.27. The predicted molar refractivity (Wildman–Crippen MR) is 54.7 cm³/mol. The van der Waals surface area contributed by atoms with Gasteiger partial charge in [-0.15, -0.1) is 0 Å². The Bertz CT molecular complexity index is 314. The van der Waals surface area contributed by atoms with Gasteiger partial charge in [-0.1, -0.05) is 23.8 Å². The Morgan fingerprint density at radius 1 is 1.71 bits per heavy atom. The number of fused-ring (bicyclic) bond motifs is 2. The number of esters is 1. The summed E-state index contributed by atoms with van der Waals surface area (Å²) in [5, 5.41) is 0. The van der Waals surface area contributed by atoms with Gasteiger partial charge in [-0.3, -0.25) is 4.79 Å². The number of ether oxygens (including phenoxy) is 1. The topological polar surface area (TPSA) is 26.3 Å². The van der Waals surface area contributed by atoms with Crippen LogP contribution in [0.25, 0.3) is 0 Å². The van der Waals surface area contributed by atoms with Crippen molar-refractivity contribution in [3.63, 3.8) is 0 Å². The summed E-state index contributed by atoms with van der Waals surface area (Å²) in [6, 6.07) is 0. The van der Waals surface area contributed by atoms with Gasteiger partial charge in [0.25, 0.3) is 0 Å². The zero-order valence-electron chi connectivity index (χ0n) is 8.75. The Hall–Kier alpha value is -1.05. The number of carbonyl (C=O) groups excluding carboxylic acids is 1. The van der Waals surface area contributed by atoms with E-state index in [1.807, 2.05) is 6.92 Å². The van der Waals surface area contributed by atoms with Crippen molar-refractivity contribution < 1.29 is 9.53 Å². The first-order chi connectivity index (χ1) is 6.65. The van der Waals surface area contributed by atoms with Crippen LogP contribution in [0.3, 0.4) is 0 Å². The molecule has 0 N–H and O–H groups in total. The molecule has 76 valence electrons. The van der Waals surface area contributed by atoms with Gasteiger partial charge in [0.1, 0.15) is 0 Å². The summed E-state index contributed by atoms with van der Waals surface area (Å²) < 4.78 is 4.98. The van der Waals surface area contributed by atoms with Gasteiger partial charge >= 0.3 is 5.97 Å². The van der Waals surface area contributed by atoms with Crippen LogP contribution in [-0.4, -0.2) is 12.6 Å². The number of carbonyl (C=O) groups is 1. The Balaban J connectivity index is 2.04. The van der Waals surface area contributed by atoms with Crippen molar-refractivity contribution in [2.24, 2.45) is 11.3 Å². The van der Waals surface area contributed by atoms with Crippen LogP contribution >= 0.6 is 0 Å². The Labute approximate surface area is 84.6 Å². The van der Waals surface area contributed by atoms with Crippen molar-refractivity contribution in [1.29, 1.82) is 0 Å². The molecular formula is C12H16O2. The first-order valence-corrected chi connectivity index (χ1v) is 5.19. The normalized spacial score (nSPS) is 33.3. The van der Waals surface area contributed by atoms with Crippen LogP contribution in [-0.2, 0) is 9.53 Å². The lowest BCUT2D eigenvalue weighted by Crippen LogP contribution is -2.18. The fourth-order valence-corrected chi connectivity index (χ4v) is 2.50. The lowest BCUT2D eigenvalue weighted by molar-refractivity contribution is -0.144. The minimum atomic E-state index is -0.0799. The minimum absolute atomic E-state index is 0.0129. The molecule has 0 aromatic rings. The number of hydrogen-bond donors (Lipinski definition) is 0. The van der Waals surface area contributed by atoms with Crippen LogP contribution in [0.2, 0.25) is 0 Å². The molecule has 0 heterocycles. The maximum absolute atomic E-state index is 11.4. The van der Waals surface area contributed by atoms with Crippen LogP contribution in [0.4, 0.5) is 0 Å². The largest absolute Gasteiger partial charge is 0.466 e. The van der Waals surface area contributed by atoms with Gasteiger partial charge in [0, 0.05) is 5.41 Å². The van der Waals surface area contributed by atoms with Crippen LogP contribution < -0.4 is 0 Å². The molecule has 2 aliphatic carbocycles. The summed E-state index contributed by atoms with van der Waals surface area (Å²) in [6.07, 6.45) is 8.19. The molecule has 0 aromatic carbocycles.